The molecule has 1 heterocycles. The van der Waals surface area contributed by atoms with Gasteiger partial charge in [-0.1, -0.05) is 30.3 Å². The lowest BCUT2D eigenvalue weighted by molar-refractivity contribution is -0.156. The number of alkyl halides is 1. The molecule has 1 aliphatic rings. The summed E-state index contributed by atoms with van der Waals surface area (Å²) in [4.78, 5) is 24.4. The Balaban J connectivity index is 1.78. The van der Waals surface area contributed by atoms with Gasteiger partial charge in [0.1, 0.15) is 11.4 Å². The Hall–Kier alpha value is -2.25. The number of benzene rings is 2. The Labute approximate surface area is 163 Å². The fourth-order valence-electron chi connectivity index (χ4n) is 2.77. The van der Waals surface area contributed by atoms with Crippen molar-refractivity contribution in [2.75, 3.05) is 7.11 Å². The zero-order valence-corrected chi connectivity index (χ0v) is 16.1. The van der Waals surface area contributed by atoms with Gasteiger partial charge in [0.25, 0.3) is 5.91 Å². The predicted molar refractivity (Wildman–Crippen MR) is 99.9 cm³/mol. The van der Waals surface area contributed by atoms with Gasteiger partial charge in [-0.05, 0) is 39.2 Å². The summed E-state index contributed by atoms with van der Waals surface area (Å²) in [5, 5.41) is 10.3. The molecule has 0 spiro atoms. The molecule has 1 aliphatic heterocycles. The molecule has 0 saturated carbocycles. The van der Waals surface area contributed by atoms with E-state index in [0.717, 1.165) is 5.56 Å². The summed E-state index contributed by atoms with van der Waals surface area (Å²) in [6, 6.07) is 11.9. The average molecular weight is 440 g/mol. The first-order chi connectivity index (χ1) is 12.4. The summed E-state index contributed by atoms with van der Waals surface area (Å²) in [5.41, 5.74) is 4.08. The van der Waals surface area contributed by atoms with Crippen LogP contribution in [0.15, 0.2) is 46.9 Å². The number of amides is 2. The second kappa shape index (κ2) is 7.55. The first-order valence-corrected chi connectivity index (χ1v) is 9.02. The van der Waals surface area contributed by atoms with Crippen molar-refractivity contribution in [3.8, 4) is 11.5 Å². The predicted octanol–water partition coefficient (Wildman–Crippen LogP) is 2.93. The van der Waals surface area contributed by atoms with E-state index in [4.69, 9.17) is 16.3 Å². The van der Waals surface area contributed by atoms with Crippen molar-refractivity contribution in [1.29, 1.82) is 0 Å². The zero-order valence-electron chi connectivity index (χ0n) is 13.8. The number of nitrogens with one attached hydrogen (secondary N) is 1. The molecular weight excluding hydrogens is 424 g/mol. The SMILES string of the molecule is COc1cc([C@@H]2[C@H](Cl)C(=O)N2NC(=O)Cc2ccccc2)cc(Br)c1O. The van der Waals surface area contributed by atoms with Gasteiger partial charge in [0, 0.05) is 0 Å². The van der Waals surface area contributed by atoms with E-state index in [-0.39, 0.29) is 29.7 Å². The third-order valence-electron chi connectivity index (χ3n) is 4.09. The maximum Gasteiger partial charge on any atom is 0.262 e. The van der Waals surface area contributed by atoms with Gasteiger partial charge < -0.3 is 9.84 Å². The highest BCUT2D eigenvalue weighted by atomic mass is 79.9. The number of nitrogens with zero attached hydrogens (tertiary/aromatic N) is 1. The maximum absolute atomic E-state index is 12.3. The van der Waals surface area contributed by atoms with E-state index in [2.05, 4.69) is 21.4 Å². The fourth-order valence-corrected chi connectivity index (χ4v) is 3.59. The highest BCUT2D eigenvalue weighted by Gasteiger charge is 2.48. The van der Waals surface area contributed by atoms with E-state index in [1.54, 1.807) is 12.1 Å². The van der Waals surface area contributed by atoms with Crippen molar-refractivity contribution >= 4 is 39.3 Å². The number of ether oxygens (including phenoxy) is 1. The lowest BCUT2D eigenvalue weighted by Gasteiger charge is -2.44. The molecule has 1 fully saturated rings. The highest BCUT2D eigenvalue weighted by Crippen LogP contribution is 2.43. The molecule has 0 unspecified atom stereocenters. The van der Waals surface area contributed by atoms with Crippen LogP contribution < -0.4 is 10.2 Å². The molecule has 2 amide bonds. The maximum atomic E-state index is 12.3. The number of halogens is 2. The Bertz CT molecular complexity index is 847. The van der Waals surface area contributed by atoms with Crippen molar-refractivity contribution in [3.63, 3.8) is 0 Å². The molecule has 2 N–H and O–H groups in total. The van der Waals surface area contributed by atoms with Gasteiger partial charge in [-0.2, -0.15) is 0 Å². The van der Waals surface area contributed by atoms with Gasteiger partial charge in [-0.15, -0.1) is 11.6 Å². The van der Waals surface area contributed by atoms with Gasteiger partial charge in [0.05, 0.1) is 18.0 Å². The number of hydrogen-bond donors (Lipinski definition) is 2. The van der Waals surface area contributed by atoms with Gasteiger partial charge >= 0.3 is 0 Å². The molecule has 2 atom stereocenters. The van der Waals surface area contributed by atoms with E-state index in [9.17, 15) is 14.7 Å². The zero-order chi connectivity index (χ0) is 18.8. The van der Waals surface area contributed by atoms with Gasteiger partial charge in [0.15, 0.2) is 11.5 Å². The van der Waals surface area contributed by atoms with Crippen LogP contribution in [-0.2, 0) is 16.0 Å². The van der Waals surface area contributed by atoms with Crippen LogP contribution in [0, 0.1) is 0 Å². The molecule has 26 heavy (non-hydrogen) atoms. The van der Waals surface area contributed by atoms with Gasteiger partial charge in [-0.3, -0.25) is 15.0 Å². The smallest absolute Gasteiger partial charge is 0.262 e. The van der Waals surface area contributed by atoms with Crippen LogP contribution in [0.2, 0.25) is 0 Å². The van der Waals surface area contributed by atoms with Crippen molar-refractivity contribution in [2.45, 2.75) is 17.8 Å². The molecule has 0 aromatic heterocycles. The fraction of sp³-hybridized carbons (Fsp3) is 0.222. The largest absolute Gasteiger partial charge is 0.503 e. The first-order valence-electron chi connectivity index (χ1n) is 7.79. The average Bonchev–Trinajstić information content (AvgIpc) is 2.64. The van der Waals surface area contributed by atoms with E-state index >= 15 is 0 Å². The molecule has 8 heteroatoms. The third-order valence-corrected chi connectivity index (χ3v) is 5.12. The summed E-state index contributed by atoms with van der Waals surface area (Å²) in [6.45, 7) is 0. The molecule has 2 aromatic rings. The van der Waals surface area contributed by atoms with E-state index in [1.807, 2.05) is 30.3 Å². The molecule has 136 valence electrons. The Kier molecular flexibility index (Phi) is 5.38. The minimum atomic E-state index is -0.812. The minimum absolute atomic E-state index is 0.0484. The molecule has 0 bridgehead atoms. The second-order valence-corrected chi connectivity index (χ2v) is 7.13. The van der Waals surface area contributed by atoms with E-state index < -0.39 is 11.4 Å². The van der Waals surface area contributed by atoms with Crippen LogP contribution in [0.1, 0.15) is 17.2 Å². The minimum Gasteiger partial charge on any atom is -0.503 e. The summed E-state index contributed by atoms with van der Waals surface area (Å²) in [6.07, 6.45) is 0.146. The first kappa shape index (κ1) is 18.5. The lowest BCUT2D eigenvalue weighted by atomic mass is 9.95. The Morgan fingerprint density at radius 1 is 1.35 bits per heavy atom. The number of aromatic hydroxyl groups is 1. The number of rotatable bonds is 5. The van der Waals surface area contributed by atoms with Crippen LogP contribution in [0.3, 0.4) is 0 Å². The van der Waals surface area contributed by atoms with Crippen molar-refractivity contribution in [3.05, 3.63) is 58.1 Å². The number of phenols is 1. The summed E-state index contributed by atoms with van der Waals surface area (Å²) in [5.74, 6) is -0.509. The van der Waals surface area contributed by atoms with Crippen LogP contribution in [0.5, 0.6) is 11.5 Å². The molecule has 2 aromatic carbocycles. The van der Waals surface area contributed by atoms with Crippen LogP contribution in [-0.4, -0.2) is 34.4 Å². The standard InChI is InChI=1S/C18H16BrClN2O4/c1-26-13-9-11(8-12(19)17(13)24)16-15(20)18(25)22(16)21-14(23)7-10-5-3-2-4-6-10/h2-6,8-9,15-16,24H,7H2,1H3,(H,21,23)/t15-,16+/m0/s1. The molecule has 6 nitrogen and oxygen atoms in total. The number of carbonyl (C=O) groups is 2. The Morgan fingerprint density at radius 2 is 2.04 bits per heavy atom. The number of β-lactam (4-membered cyclic amide) rings is 1. The van der Waals surface area contributed by atoms with Gasteiger partial charge in [0.2, 0.25) is 5.91 Å². The van der Waals surface area contributed by atoms with Crippen LogP contribution in [0.25, 0.3) is 0 Å². The molecule has 1 saturated heterocycles. The lowest BCUT2D eigenvalue weighted by Crippen LogP contribution is -2.63. The topological polar surface area (TPSA) is 78.9 Å². The van der Waals surface area contributed by atoms with E-state index in [0.29, 0.717) is 10.0 Å². The van der Waals surface area contributed by atoms with Gasteiger partial charge in [-0.25, -0.2) is 5.01 Å². The van der Waals surface area contributed by atoms with Crippen molar-refractivity contribution in [2.24, 2.45) is 0 Å². The number of methoxy groups -OCH3 is 1. The number of phenolic OH excluding ortho intramolecular Hbond substituents is 1. The number of hydrazine groups is 1. The summed E-state index contributed by atoms with van der Waals surface area (Å²) >= 11 is 9.41. The molecule has 3 rings (SSSR count). The molecule has 0 aliphatic carbocycles. The van der Waals surface area contributed by atoms with Crippen molar-refractivity contribution in [1.82, 2.24) is 10.4 Å². The summed E-state index contributed by atoms with van der Waals surface area (Å²) in [7, 11) is 1.43. The highest BCUT2D eigenvalue weighted by molar-refractivity contribution is 9.10. The number of hydrogen-bond acceptors (Lipinski definition) is 4. The quantitative estimate of drug-likeness (QED) is 0.555. The third kappa shape index (κ3) is 3.50. The second-order valence-electron chi connectivity index (χ2n) is 5.81. The monoisotopic (exact) mass is 438 g/mol. The van der Waals surface area contributed by atoms with Crippen LogP contribution in [0.4, 0.5) is 0 Å². The van der Waals surface area contributed by atoms with E-state index in [1.165, 1.54) is 12.1 Å². The van der Waals surface area contributed by atoms with Crippen molar-refractivity contribution < 1.29 is 19.4 Å². The Morgan fingerprint density at radius 3 is 2.69 bits per heavy atom. The molecular formula is C18H16BrClN2O4. The number of carbonyl (C=O) groups excluding carboxylic acids is 2. The molecule has 0 radical (unpaired) electrons. The normalized spacial score (nSPS) is 19.0. The van der Waals surface area contributed by atoms with Crippen LogP contribution >= 0.6 is 27.5 Å². The summed E-state index contributed by atoms with van der Waals surface area (Å²) < 4.78 is 5.54.